The molecule has 0 saturated carbocycles. The Labute approximate surface area is 220 Å². The van der Waals surface area contributed by atoms with E-state index in [1.165, 1.54) is 5.56 Å². The third-order valence-electron chi connectivity index (χ3n) is 5.25. The predicted molar refractivity (Wildman–Crippen MR) is 132 cm³/mol. The standard InChI is InChI=1S/C18H12N3.C11H6F2N.Ir/c1-2-6-14(7-3-1)15-10-11-19-18(12-15)21-13-20-16-8-4-5-9-17(16)21;12-8-4-5-9(10(13)7-8)11-3-1-2-6-14-11;/h1-12H;1-4,6-7H;/q2*-1;. The summed E-state index contributed by atoms with van der Waals surface area (Å²) in [6.07, 6.45) is 6.38. The normalized spacial score (nSPS) is 10.3. The maximum Gasteiger partial charge on any atom is 0.0558 e. The first kappa shape index (κ1) is 25.0. The van der Waals surface area contributed by atoms with Gasteiger partial charge in [0.1, 0.15) is 0 Å². The van der Waals surface area contributed by atoms with Crippen molar-refractivity contribution in [3.8, 4) is 28.2 Å². The summed E-state index contributed by atoms with van der Waals surface area (Å²) in [5, 5.41) is 0. The van der Waals surface area contributed by atoms with Gasteiger partial charge in [0, 0.05) is 50.5 Å². The topological polar surface area (TPSA) is 43.6 Å². The molecule has 0 bridgehead atoms. The number of hydrogen-bond acceptors (Lipinski definition) is 3. The Morgan fingerprint density at radius 2 is 1.50 bits per heavy atom. The fraction of sp³-hybridized carbons (Fsp3) is 0. The third-order valence-corrected chi connectivity index (χ3v) is 5.25. The van der Waals surface area contributed by atoms with Crippen molar-refractivity contribution in [3.05, 3.63) is 133 Å². The van der Waals surface area contributed by atoms with E-state index in [0.717, 1.165) is 34.5 Å². The van der Waals surface area contributed by atoms with Crippen LogP contribution >= 0.6 is 0 Å². The zero-order valence-electron chi connectivity index (χ0n) is 18.8. The summed E-state index contributed by atoms with van der Waals surface area (Å²) in [5.41, 5.74) is 4.87. The Kier molecular flexibility index (Phi) is 8.06. The molecule has 0 amide bonds. The van der Waals surface area contributed by atoms with Crippen molar-refractivity contribution in [1.82, 2.24) is 19.5 Å². The minimum absolute atomic E-state index is 0. The molecule has 0 aliphatic rings. The summed E-state index contributed by atoms with van der Waals surface area (Å²) in [6.45, 7) is 0. The molecule has 0 aliphatic heterocycles. The van der Waals surface area contributed by atoms with Crippen LogP contribution in [0.4, 0.5) is 8.78 Å². The van der Waals surface area contributed by atoms with Crippen LogP contribution in [0.5, 0.6) is 0 Å². The molecule has 3 aromatic heterocycles. The van der Waals surface area contributed by atoms with E-state index in [-0.39, 0.29) is 25.7 Å². The van der Waals surface area contributed by atoms with Gasteiger partial charge in [-0.25, -0.2) is 0 Å². The number of para-hydroxylation sites is 2. The molecule has 0 spiro atoms. The largest absolute Gasteiger partial charge is 0.411 e. The monoisotopic (exact) mass is 653 g/mol. The molecule has 6 rings (SSSR count). The number of pyridine rings is 2. The van der Waals surface area contributed by atoms with Gasteiger partial charge < -0.3 is 14.5 Å². The second-order valence-electron chi connectivity index (χ2n) is 7.56. The molecule has 0 unspecified atom stereocenters. The van der Waals surface area contributed by atoms with Gasteiger partial charge >= 0.3 is 0 Å². The van der Waals surface area contributed by atoms with Crippen LogP contribution in [-0.4, -0.2) is 19.5 Å². The van der Waals surface area contributed by atoms with Crippen LogP contribution in [0, 0.1) is 24.0 Å². The van der Waals surface area contributed by atoms with Gasteiger partial charge in [0.25, 0.3) is 0 Å². The van der Waals surface area contributed by atoms with Gasteiger partial charge in [0.05, 0.1) is 5.82 Å². The van der Waals surface area contributed by atoms with Gasteiger partial charge in [-0.05, 0) is 34.5 Å². The van der Waals surface area contributed by atoms with Gasteiger partial charge in [0.2, 0.25) is 0 Å². The zero-order chi connectivity index (χ0) is 24.0. The first-order valence-corrected chi connectivity index (χ1v) is 10.8. The van der Waals surface area contributed by atoms with E-state index in [1.807, 2.05) is 59.3 Å². The molecule has 0 N–H and O–H groups in total. The molecule has 0 aliphatic carbocycles. The summed E-state index contributed by atoms with van der Waals surface area (Å²) < 4.78 is 27.7. The van der Waals surface area contributed by atoms with E-state index in [2.05, 4.69) is 45.5 Å². The molecular formula is C29H18F2IrN4-2. The number of fused-ring (bicyclic) bond motifs is 1. The Bertz CT molecular complexity index is 1570. The summed E-state index contributed by atoms with van der Waals surface area (Å²) in [6, 6.07) is 31.8. The molecule has 3 heterocycles. The van der Waals surface area contributed by atoms with Gasteiger partial charge in [-0.2, -0.15) is 0 Å². The second-order valence-corrected chi connectivity index (χ2v) is 7.56. The average molecular weight is 653 g/mol. The molecule has 36 heavy (non-hydrogen) atoms. The van der Waals surface area contributed by atoms with E-state index < -0.39 is 11.6 Å². The van der Waals surface area contributed by atoms with Gasteiger partial charge in [-0.15, -0.1) is 12.1 Å². The molecule has 6 aromatic rings. The Morgan fingerprint density at radius 3 is 2.28 bits per heavy atom. The molecule has 0 fully saturated rings. The molecule has 1 radical (unpaired) electrons. The summed E-state index contributed by atoms with van der Waals surface area (Å²) in [5.74, 6) is -0.462. The Hall–Kier alpha value is -4.06. The van der Waals surface area contributed by atoms with Crippen molar-refractivity contribution in [2.24, 2.45) is 0 Å². The van der Waals surface area contributed by atoms with E-state index in [9.17, 15) is 8.78 Å². The molecule has 3 aromatic carbocycles. The summed E-state index contributed by atoms with van der Waals surface area (Å²) in [7, 11) is 0. The average Bonchev–Trinajstić information content (AvgIpc) is 3.35. The maximum atomic E-state index is 13.2. The fourth-order valence-corrected chi connectivity index (χ4v) is 3.58. The Morgan fingerprint density at radius 1 is 0.722 bits per heavy atom. The van der Waals surface area contributed by atoms with Crippen LogP contribution in [0.2, 0.25) is 0 Å². The van der Waals surface area contributed by atoms with E-state index >= 15 is 0 Å². The SMILES string of the molecule is Fc1c[c-]c(-c2ccccn2)c(F)c1.[Ir].[c-]1nc2ccccc2n1-c1cc(-c2ccccc2)ccn1. The number of benzene rings is 3. The summed E-state index contributed by atoms with van der Waals surface area (Å²) >= 11 is 0. The molecule has 179 valence electrons. The zero-order valence-corrected chi connectivity index (χ0v) is 21.2. The maximum absolute atomic E-state index is 13.2. The van der Waals surface area contributed by atoms with Crippen LogP contribution in [0.1, 0.15) is 0 Å². The van der Waals surface area contributed by atoms with Crippen LogP contribution in [-0.2, 0) is 20.1 Å². The quantitative estimate of drug-likeness (QED) is 0.200. The van der Waals surface area contributed by atoms with E-state index in [4.69, 9.17) is 0 Å². The van der Waals surface area contributed by atoms with Crippen LogP contribution < -0.4 is 0 Å². The number of nitrogens with zero attached hydrogens (tertiary/aromatic N) is 4. The van der Waals surface area contributed by atoms with Crippen LogP contribution in [0.3, 0.4) is 0 Å². The van der Waals surface area contributed by atoms with Crippen LogP contribution in [0.15, 0.2) is 109 Å². The van der Waals surface area contributed by atoms with Crippen molar-refractivity contribution in [1.29, 1.82) is 0 Å². The van der Waals surface area contributed by atoms with Crippen molar-refractivity contribution in [2.45, 2.75) is 0 Å². The van der Waals surface area contributed by atoms with Crippen molar-refractivity contribution in [3.63, 3.8) is 0 Å². The molecule has 0 saturated heterocycles. The predicted octanol–water partition coefficient (Wildman–Crippen LogP) is 6.71. The number of aromatic nitrogens is 4. The number of hydrogen-bond donors (Lipinski definition) is 0. The minimum Gasteiger partial charge on any atom is -0.411 e. The van der Waals surface area contributed by atoms with Gasteiger partial charge in [-0.3, -0.25) is 13.8 Å². The van der Waals surface area contributed by atoms with Crippen molar-refractivity contribution >= 4 is 11.0 Å². The third kappa shape index (κ3) is 5.60. The van der Waals surface area contributed by atoms with E-state index in [1.54, 1.807) is 24.4 Å². The fourth-order valence-electron chi connectivity index (χ4n) is 3.58. The number of rotatable bonds is 3. The summed E-state index contributed by atoms with van der Waals surface area (Å²) in [4.78, 5) is 12.7. The smallest absolute Gasteiger partial charge is 0.0558 e. The molecular weight excluding hydrogens is 635 g/mol. The Balaban J connectivity index is 0.000000178. The molecule has 4 nitrogen and oxygen atoms in total. The van der Waals surface area contributed by atoms with Gasteiger partial charge in [0.15, 0.2) is 0 Å². The first-order chi connectivity index (χ1) is 17.2. The van der Waals surface area contributed by atoms with E-state index in [0.29, 0.717) is 5.69 Å². The molecule has 7 heteroatoms. The minimum atomic E-state index is -0.649. The second kappa shape index (κ2) is 11.6. The number of halogens is 2. The number of imidazole rings is 1. The first-order valence-electron chi connectivity index (χ1n) is 10.8. The van der Waals surface area contributed by atoms with Crippen LogP contribution in [0.25, 0.3) is 39.2 Å². The van der Waals surface area contributed by atoms with Crippen molar-refractivity contribution < 1.29 is 28.9 Å². The molecule has 0 atom stereocenters. The van der Waals surface area contributed by atoms with Crippen molar-refractivity contribution in [2.75, 3.05) is 0 Å². The van der Waals surface area contributed by atoms with Gasteiger partial charge in [-0.1, -0.05) is 89.9 Å².